The van der Waals surface area contributed by atoms with Gasteiger partial charge in [0.15, 0.2) is 5.75 Å². The maximum absolute atomic E-state index is 13.5. The van der Waals surface area contributed by atoms with Crippen molar-refractivity contribution >= 4 is 40.6 Å². The molecule has 1 aromatic heterocycles. The lowest BCUT2D eigenvalue weighted by Gasteiger charge is -2.29. The van der Waals surface area contributed by atoms with E-state index in [9.17, 15) is 14.0 Å². The van der Waals surface area contributed by atoms with E-state index in [-0.39, 0.29) is 23.7 Å². The van der Waals surface area contributed by atoms with Crippen molar-refractivity contribution in [2.75, 3.05) is 43.3 Å². The first kappa shape index (κ1) is 23.6. The summed E-state index contributed by atoms with van der Waals surface area (Å²) in [7, 11) is 1.97. The Labute approximate surface area is 211 Å². The van der Waals surface area contributed by atoms with Crippen molar-refractivity contribution in [1.82, 2.24) is 15.2 Å². The summed E-state index contributed by atoms with van der Waals surface area (Å²) >= 11 is 3.06. The standard InChI is InChI=1S/C25H25FN4O3S2/c1-15-28-21(23(35-15)16-6-8-17(26)9-7-16)25(32)30-14-34-13-18(30)12-27-24(31)19-4-3-5-20-22(19)33-11-10-29(20)2/h3-9,18H,10-14H2,1-2H3,(H,27,31)/t18-/m1/s1. The highest BCUT2D eigenvalue weighted by atomic mass is 32.2. The number of aromatic nitrogens is 1. The first-order valence-electron chi connectivity index (χ1n) is 11.3. The molecule has 182 valence electrons. The molecule has 2 amide bonds. The lowest BCUT2D eigenvalue weighted by atomic mass is 10.1. The number of thiazole rings is 1. The molecule has 0 unspecified atom stereocenters. The van der Waals surface area contributed by atoms with Gasteiger partial charge in [-0.05, 0) is 36.8 Å². The van der Waals surface area contributed by atoms with Crippen LogP contribution in [0, 0.1) is 12.7 Å². The number of benzene rings is 2. The molecule has 3 aromatic rings. The molecule has 0 aliphatic carbocycles. The molecule has 1 atom stereocenters. The fourth-order valence-electron chi connectivity index (χ4n) is 4.25. The number of amides is 2. The quantitative estimate of drug-likeness (QED) is 0.557. The number of ether oxygens (including phenoxy) is 1. The van der Waals surface area contributed by atoms with Gasteiger partial charge < -0.3 is 19.9 Å². The minimum absolute atomic E-state index is 0.164. The Kier molecular flexibility index (Phi) is 6.66. The number of fused-ring (bicyclic) bond motifs is 1. The smallest absolute Gasteiger partial charge is 0.275 e. The minimum atomic E-state index is -0.327. The monoisotopic (exact) mass is 512 g/mol. The number of nitrogens with zero attached hydrogens (tertiary/aromatic N) is 3. The zero-order chi connectivity index (χ0) is 24.5. The predicted molar refractivity (Wildman–Crippen MR) is 137 cm³/mol. The maximum atomic E-state index is 13.5. The van der Waals surface area contributed by atoms with E-state index in [4.69, 9.17) is 4.74 Å². The van der Waals surface area contributed by atoms with Crippen LogP contribution in [0.1, 0.15) is 25.9 Å². The molecular weight excluding hydrogens is 487 g/mol. The zero-order valence-corrected chi connectivity index (χ0v) is 21.0. The van der Waals surface area contributed by atoms with Crippen LogP contribution in [0.5, 0.6) is 5.75 Å². The maximum Gasteiger partial charge on any atom is 0.275 e. The fourth-order valence-corrected chi connectivity index (χ4v) is 6.36. The number of aryl methyl sites for hydroxylation is 1. The zero-order valence-electron chi connectivity index (χ0n) is 19.4. The Balaban J connectivity index is 1.31. The first-order chi connectivity index (χ1) is 16.9. The fraction of sp³-hybridized carbons (Fsp3) is 0.320. The third-order valence-electron chi connectivity index (χ3n) is 6.11. The number of rotatable bonds is 5. The molecule has 0 bridgehead atoms. The van der Waals surface area contributed by atoms with Gasteiger partial charge in [0.1, 0.15) is 18.1 Å². The van der Waals surface area contributed by atoms with Gasteiger partial charge in [-0.15, -0.1) is 23.1 Å². The van der Waals surface area contributed by atoms with Gasteiger partial charge in [0.25, 0.3) is 11.8 Å². The van der Waals surface area contributed by atoms with Crippen molar-refractivity contribution in [2.24, 2.45) is 0 Å². The summed E-state index contributed by atoms with van der Waals surface area (Å²) in [4.78, 5) is 35.6. The topological polar surface area (TPSA) is 74.8 Å². The highest BCUT2D eigenvalue weighted by Crippen LogP contribution is 2.35. The Bertz CT molecular complexity index is 1260. The van der Waals surface area contributed by atoms with Crippen LogP contribution in [0.15, 0.2) is 42.5 Å². The first-order valence-corrected chi connectivity index (χ1v) is 13.3. The Hall–Kier alpha value is -3.11. The number of likely N-dealkylation sites (N-methyl/N-ethyl adjacent to an activating group) is 1. The van der Waals surface area contributed by atoms with Crippen molar-refractivity contribution in [3.8, 4) is 16.2 Å². The molecule has 1 saturated heterocycles. The third kappa shape index (κ3) is 4.72. The minimum Gasteiger partial charge on any atom is -0.489 e. The van der Waals surface area contributed by atoms with Gasteiger partial charge >= 0.3 is 0 Å². The summed E-state index contributed by atoms with van der Waals surface area (Å²) in [5.41, 5.74) is 2.51. The van der Waals surface area contributed by atoms with E-state index in [1.54, 1.807) is 34.9 Å². The number of anilines is 1. The van der Waals surface area contributed by atoms with Crippen LogP contribution in [0.3, 0.4) is 0 Å². The summed E-state index contributed by atoms with van der Waals surface area (Å²) in [6.07, 6.45) is 0. The number of thioether (sulfide) groups is 1. The van der Waals surface area contributed by atoms with Crippen LogP contribution in [0.4, 0.5) is 10.1 Å². The molecule has 7 nitrogen and oxygen atoms in total. The van der Waals surface area contributed by atoms with Crippen LogP contribution in [0.2, 0.25) is 0 Å². The summed E-state index contributed by atoms with van der Waals surface area (Å²) < 4.78 is 19.2. The van der Waals surface area contributed by atoms with E-state index in [1.807, 2.05) is 26.1 Å². The van der Waals surface area contributed by atoms with Crippen LogP contribution in [-0.4, -0.2) is 66.1 Å². The second-order valence-electron chi connectivity index (χ2n) is 8.48. The largest absolute Gasteiger partial charge is 0.489 e. The van der Waals surface area contributed by atoms with Gasteiger partial charge in [-0.25, -0.2) is 9.37 Å². The Morgan fingerprint density at radius 3 is 2.83 bits per heavy atom. The normalized spacial score (nSPS) is 17.2. The summed E-state index contributed by atoms with van der Waals surface area (Å²) in [6, 6.07) is 11.5. The molecule has 10 heteroatoms. The molecule has 35 heavy (non-hydrogen) atoms. The van der Waals surface area contributed by atoms with Crippen molar-refractivity contribution in [2.45, 2.75) is 13.0 Å². The van der Waals surface area contributed by atoms with Crippen molar-refractivity contribution < 1.29 is 18.7 Å². The van der Waals surface area contributed by atoms with Gasteiger partial charge in [-0.2, -0.15) is 0 Å². The van der Waals surface area contributed by atoms with Gasteiger partial charge in [0.05, 0.1) is 39.6 Å². The number of carbonyl (C=O) groups is 2. The van der Waals surface area contributed by atoms with Crippen molar-refractivity contribution in [3.63, 3.8) is 0 Å². The van der Waals surface area contributed by atoms with Crippen molar-refractivity contribution in [1.29, 1.82) is 0 Å². The van der Waals surface area contributed by atoms with E-state index >= 15 is 0 Å². The van der Waals surface area contributed by atoms with Crippen LogP contribution < -0.4 is 15.0 Å². The number of nitrogens with one attached hydrogen (secondary N) is 1. The van der Waals surface area contributed by atoms with Crippen LogP contribution >= 0.6 is 23.1 Å². The van der Waals surface area contributed by atoms with E-state index < -0.39 is 0 Å². The molecule has 2 aromatic carbocycles. The van der Waals surface area contributed by atoms with Gasteiger partial charge in [-0.3, -0.25) is 9.59 Å². The van der Waals surface area contributed by atoms with E-state index in [2.05, 4.69) is 15.2 Å². The third-order valence-corrected chi connectivity index (χ3v) is 8.21. The molecule has 5 rings (SSSR count). The number of hydrogen-bond donors (Lipinski definition) is 1. The summed E-state index contributed by atoms with van der Waals surface area (Å²) in [5, 5.41) is 3.76. The lowest BCUT2D eigenvalue weighted by molar-refractivity contribution is 0.0731. The van der Waals surface area contributed by atoms with Gasteiger partial charge in [0.2, 0.25) is 0 Å². The van der Waals surface area contributed by atoms with E-state index in [1.165, 1.54) is 23.5 Å². The molecule has 1 fully saturated rings. The van der Waals surface area contributed by atoms with Gasteiger partial charge in [-0.1, -0.05) is 18.2 Å². The Morgan fingerprint density at radius 2 is 2.03 bits per heavy atom. The van der Waals surface area contributed by atoms with Crippen LogP contribution in [-0.2, 0) is 0 Å². The second-order valence-corrected chi connectivity index (χ2v) is 10.7. The summed E-state index contributed by atoms with van der Waals surface area (Å²) in [5.74, 6) is 1.10. The number of halogens is 1. The second kappa shape index (κ2) is 9.87. The van der Waals surface area contributed by atoms with Crippen molar-refractivity contribution in [3.05, 3.63) is 64.5 Å². The molecular formula is C25H25FN4O3S2. The highest BCUT2D eigenvalue weighted by Gasteiger charge is 2.33. The molecule has 2 aliphatic rings. The summed E-state index contributed by atoms with van der Waals surface area (Å²) in [6.45, 7) is 3.47. The van der Waals surface area contributed by atoms with Gasteiger partial charge in [0, 0.05) is 19.3 Å². The molecule has 0 spiro atoms. The predicted octanol–water partition coefficient (Wildman–Crippen LogP) is 4.03. The Morgan fingerprint density at radius 1 is 1.23 bits per heavy atom. The van der Waals surface area contributed by atoms with E-state index in [0.717, 1.165) is 27.7 Å². The SMILES string of the molecule is Cc1nc(C(=O)N2CSC[C@H]2CNC(=O)c2cccc3c2OCCN3C)c(-c2ccc(F)cc2)s1. The molecule has 3 heterocycles. The number of para-hydroxylation sites is 1. The molecule has 0 saturated carbocycles. The van der Waals surface area contributed by atoms with E-state index in [0.29, 0.717) is 41.8 Å². The molecule has 1 N–H and O–H groups in total. The average Bonchev–Trinajstić information content (AvgIpc) is 3.49. The molecule has 2 aliphatic heterocycles. The highest BCUT2D eigenvalue weighted by molar-refractivity contribution is 7.99. The number of hydrogen-bond acceptors (Lipinski definition) is 7. The average molecular weight is 513 g/mol. The number of carbonyl (C=O) groups excluding carboxylic acids is 2. The lowest BCUT2D eigenvalue weighted by Crippen LogP contribution is -2.44. The molecule has 0 radical (unpaired) electrons. The van der Waals surface area contributed by atoms with Crippen LogP contribution in [0.25, 0.3) is 10.4 Å².